The van der Waals surface area contributed by atoms with Crippen LogP contribution < -0.4 is 16.0 Å². The van der Waals surface area contributed by atoms with E-state index in [1.807, 2.05) is 0 Å². The van der Waals surface area contributed by atoms with Gasteiger partial charge in [0, 0.05) is 48.0 Å². The third-order valence-electron chi connectivity index (χ3n) is 3.79. The van der Waals surface area contributed by atoms with Crippen LogP contribution in [0.1, 0.15) is 12.5 Å². The first kappa shape index (κ1) is 18.8. The summed E-state index contributed by atoms with van der Waals surface area (Å²) in [6, 6.07) is 5.12. The Hall–Kier alpha value is -2.51. The summed E-state index contributed by atoms with van der Waals surface area (Å²) < 4.78 is 11.4. The number of carboxylic acids is 1. The number of benzene rings is 1. The Kier molecular flexibility index (Phi) is 6.06. The van der Waals surface area contributed by atoms with Crippen molar-refractivity contribution >= 4 is 23.3 Å². The van der Waals surface area contributed by atoms with Crippen molar-refractivity contribution in [3.8, 4) is 16.9 Å². The van der Waals surface area contributed by atoms with Crippen molar-refractivity contribution in [1.82, 2.24) is 4.57 Å². The molecule has 1 unspecified atom stereocenters. The summed E-state index contributed by atoms with van der Waals surface area (Å²) in [4.78, 5) is 24.0. The average Bonchev–Trinajstić information content (AvgIpc) is 2.58. The smallest absolute Gasteiger partial charge is 0.326 e. The van der Waals surface area contributed by atoms with E-state index >= 15 is 0 Å². The summed E-state index contributed by atoms with van der Waals surface area (Å²) in [5.74, 6) is -0.812. The lowest BCUT2D eigenvalue weighted by Crippen LogP contribution is -2.30. The van der Waals surface area contributed by atoms with Gasteiger partial charge in [-0.3, -0.25) is 9.36 Å². The van der Waals surface area contributed by atoms with E-state index in [2.05, 4.69) is 0 Å². The number of nitrogens with zero attached hydrogens (tertiary/aromatic N) is 1. The predicted molar refractivity (Wildman–Crippen MR) is 95.3 cm³/mol. The topological polar surface area (TPSA) is 104 Å². The molecule has 0 fully saturated rings. The molecular formula is C17H19ClN2O5. The number of halogens is 1. The van der Waals surface area contributed by atoms with E-state index in [1.54, 1.807) is 18.2 Å². The number of pyridine rings is 1. The van der Waals surface area contributed by atoms with Crippen LogP contribution in [-0.2, 0) is 9.53 Å². The highest BCUT2D eigenvalue weighted by molar-refractivity contribution is 6.31. The SMILES string of the molecule is COCCC(C(=O)O)n1cc(OC)c(-c2cc(Cl)ccc2N)cc1=O. The van der Waals surface area contributed by atoms with Crippen LogP contribution in [0.2, 0.25) is 5.02 Å². The maximum atomic E-state index is 12.5. The van der Waals surface area contributed by atoms with Crippen LogP contribution in [0.3, 0.4) is 0 Å². The Labute approximate surface area is 149 Å². The number of carbonyl (C=O) groups is 1. The Morgan fingerprint density at radius 3 is 2.64 bits per heavy atom. The molecule has 25 heavy (non-hydrogen) atoms. The van der Waals surface area contributed by atoms with Gasteiger partial charge in [0.25, 0.3) is 5.56 Å². The van der Waals surface area contributed by atoms with E-state index in [1.165, 1.54) is 26.5 Å². The summed E-state index contributed by atoms with van der Waals surface area (Å²) in [5, 5.41) is 9.87. The minimum atomic E-state index is -1.13. The number of hydrogen-bond donors (Lipinski definition) is 2. The van der Waals surface area contributed by atoms with E-state index in [4.69, 9.17) is 26.8 Å². The first-order valence-corrected chi connectivity index (χ1v) is 7.84. The summed E-state index contributed by atoms with van der Waals surface area (Å²) in [6.45, 7) is 0.203. The molecule has 0 saturated heterocycles. The van der Waals surface area contributed by atoms with Gasteiger partial charge in [0.1, 0.15) is 11.8 Å². The molecule has 2 rings (SSSR count). The molecule has 0 aliphatic carbocycles. The Morgan fingerprint density at radius 2 is 2.04 bits per heavy atom. The van der Waals surface area contributed by atoms with Crippen LogP contribution >= 0.6 is 11.6 Å². The predicted octanol–water partition coefficient (Wildman–Crippen LogP) is 2.42. The van der Waals surface area contributed by atoms with Gasteiger partial charge >= 0.3 is 5.97 Å². The van der Waals surface area contributed by atoms with Gasteiger partial charge in [0.2, 0.25) is 0 Å². The number of aromatic nitrogens is 1. The molecule has 134 valence electrons. The van der Waals surface area contributed by atoms with Crippen LogP contribution in [0.15, 0.2) is 35.3 Å². The zero-order chi connectivity index (χ0) is 18.6. The molecule has 1 aromatic carbocycles. The van der Waals surface area contributed by atoms with E-state index in [9.17, 15) is 14.7 Å². The van der Waals surface area contributed by atoms with Crippen molar-refractivity contribution in [2.24, 2.45) is 0 Å². The van der Waals surface area contributed by atoms with Gasteiger partial charge in [-0.1, -0.05) is 11.6 Å². The molecule has 2 aromatic rings. The summed E-state index contributed by atoms with van der Waals surface area (Å²) in [5.41, 5.74) is 6.89. The number of carboxylic acid groups (broad SMARTS) is 1. The third kappa shape index (κ3) is 4.12. The molecule has 0 radical (unpaired) electrons. The minimum absolute atomic E-state index is 0.146. The number of nitrogen functional groups attached to an aromatic ring is 1. The van der Waals surface area contributed by atoms with Crippen LogP contribution in [0, 0.1) is 0 Å². The standard InChI is InChI=1S/C17H19ClN2O5/c1-24-6-5-14(17(22)23)20-9-15(25-2)12(8-16(20)21)11-7-10(18)3-4-13(11)19/h3-4,7-9,14H,5-6,19H2,1-2H3,(H,22,23). The van der Waals surface area contributed by atoms with Gasteiger partial charge in [-0.25, -0.2) is 4.79 Å². The molecule has 0 bridgehead atoms. The maximum absolute atomic E-state index is 12.5. The van der Waals surface area contributed by atoms with Gasteiger partial charge in [-0.15, -0.1) is 0 Å². The second-order valence-electron chi connectivity index (χ2n) is 5.37. The number of ether oxygens (including phenoxy) is 2. The van der Waals surface area contributed by atoms with Gasteiger partial charge in [0.05, 0.1) is 13.3 Å². The average molecular weight is 367 g/mol. The van der Waals surface area contributed by atoms with Gasteiger partial charge < -0.3 is 20.3 Å². The third-order valence-corrected chi connectivity index (χ3v) is 4.02. The molecule has 0 spiro atoms. The van der Waals surface area contributed by atoms with E-state index < -0.39 is 17.6 Å². The normalized spacial score (nSPS) is 12.0. The molecule has 1 aromatic heterocycles. The molecule has 0 aliphatic heterocycles. The number of hydrogen-bond acceptors (Lipinski definition) is 5. The fourth-order valence-electron chi connectivity index (χ4n) is 2.52. The molecule has 1 atom stereocenters. The maximum Gasteiger partial charge on any atom is 0.326 e. The van der Waals surface area contributed by atoms with Crippen LogP contribution in [0.4, 0.5) is 5.69 Å². The second-order valence-corrected chi connectivity index (χ2v) is 5.80. The lowest BCUT2D eigenvalue weighted by Gasteiger charge is -2.18. The Balaban J connectivity index is 2.60. The van der Waals surface area contributed by atoms with Crippen LogP contribution in [-0.4, -0.2) is 36.5 Å². The Bertz CT molecular complexity index is 834. The highest BCUT2D eigenvalue weighted by atomic mass is 35.5. The van der Waals surface area contributed by atoms with Crippen molar-refractivity contribution in [3.05, 3.63) is 45.8 Å². The molecule has 3 N–H and O–H groups in total. The van der Waals surface area contributed by atoms with Crippen molar-refractivity contribution in [2.45, 2.75) is 12.5 Å². The van der Waals surface area contributed by atoms with E-state index in [-0.39, 0.29) is 13.0 Å². The highest BCUT2D eigenvalue weighted by Crippen LogP contribution is 2.34. The number of rotatable bonds is 7. The quantitative estimate of drug-likeness (QED) is 0.729. The molecule has 7 nitrogen and oxygen atoms in total. The van der Waals surface area contributed by atoms with Gasteiger partial charge in [-0.05, 0) is 18.2 Å². The fraction of sp³-hybridized carbons (Fsp3) is 0.294. The summed E-state index contributed by atoms with van der Waals surface area (Å²) >= 11 is 6.01. The molecule has 0 amide bonds. The molecule has 0 aliphatic rings. The summed E-state index contributed by atoms with van der Waals surface area (Å²) in [6.07, 6.45) is 1.51. The Morgan fingerprint density at radius 1 is 1.32 bits per heavy atom. The first-order valence-electron chi connectivity index (χ1n) is 7.46. The zero-order valence-electron chi connectivity index (χ0n) is 13.9. The first-order chi connectivity index (χ1) is 11.9. The van der Waals surface area contributed by atoms with Gasteiger partial charge in [-0.2, -0.15) is 0 Å². The number of methoxy groups -OCH3 is 2. The van der Waals surface area contributed by atoms with Crippen molar-refractivity contribution in [2.75, 3.05) is 26.6 Å². The molecule has 0 saturated carbocycles. The lowest BCUT2D eigenvalue weighted by atomic mass is 10.0. The number of anilines is 1. The number of nitrogens with two attached hydrogens (primary N) is 1. The number of aliphatic carboxylic acids is 1. The second kappa shape index (κ2) is 8.04. The molecule has 8 heteroatoms. The van der Waals surface area contributed by atoms with Crippen molar-refractivity contribution in [3.63, 3.8) is 0 Å². The van der Waals surface area contributed by atoms with Crippen LogP contribution in [0.25, 0.3) is 11.1 Å². The van der Waals surface area contributed by atoms with Crippen molar-refractivity contribution < 1.29 is 19.4 Å². The van der Waals surface area contributed by atoms with Crippen molar-refractivity contribution in [1.29, 1.82) is 0 Å². The molecule has 1 heterocycles. The summed E-state index contributed by atoms with van der Waals surface area (Å²) in [7, 11) is 2.90. The fourth-order valence-corrected chi connectivity index (χ4v) is 2.69. The van der Waals surface area contributed by atoms with Gasteiger partial charge in [0.15, 0.2) is 0 Å². The highest BCUT2D eigenvalue weighted by Gasteiger charge is 2.23. The zero-order valence-corrected chi connectivity index (χ0v) is 14.6. The van der Waals surface area contributed by atoms with E-state index in [0.717, 1.165) is 4.57 Å². The minimum Gasteiger partial charge on any atom is -0.495 e. The lowest BCUT2D eigenvalue weighted by molar-refractivity contribution is -0.141. The van der Waals surface area contributed by atoms with E-state index in [0.29, 0.717) is 27.6 Å². The monoisotopic (exact) mass is 366 g/mol. The molecular weight excluding hydrogens is 348 g/mol. The van der Waals surface area contributed by atoms with Crippen LogP contribution in [0.5, 0.6) is 5.75 Å². The largest absolute Gasteiger partial charge is 0.495 e.